The number of amides is 1. The zero-order valence-corrected chi connectivity index (χ0v) is 17.1. The Kier molecular flexibility index (Phi) is 6.14. The van der Waals surface area contributed by atoms with Gasteiger partial charge in [-0.15, -0.1) is 11.3 Å². The number of carbonyl (C=O) groups is 1. The zero-order valence-electron chi connectivity index (χ0n) is 15.5. The molecule has 148 valence electrons. The lowest BCUT2D eigenvalue weighted by Crippen LogP contribution is -2.31. The summed E-state index contributed by atoms with van der Waals surface area (Å²) in [5, 5.41) is 6.27. The molecule has 7 heteroatoms. The largest absolute Gasteiger partial charge is 0.381 e. The summed E-state index contributed by atoms with van der Waals surface area (Å²) in [6.07, 6.45) is 1.73. The molecule has 1 aliphatic rings. The van der Waals surface area contributed by atoms with E-state index in [9.17, 15) is 4.79 Å². The standard InChI is InChI=1S/C22H20ClN3O2S/c23-21-11-10-20(29-21)22(27)25-14-18-12-19(26-28-18)16-6-8-17(9-7-16)24-13-15-4-2-1-3-5-15/h1-12,18,24,26H,13-14H2,(H,25,27). The Morgan fingerprint density at radius 1 is 1.07 bits per heavy atom. The number of nitrogens with one attached hydrogen (secondary N) is 3. The van der Waals surface area contributed by atoms with Crippen molar-refractivity contribution in [3.8, 4) is 0 Å². The maximum atomic E-state index is 12.1. The van der Waals surface area contributed by atoms with Gasteiger partial charge in [-0.05, 0) is 41.5 Å². The molecule has 1 atom stereocenters. The van der Waals surface area contributed by atoms with Gasteiger partial charge in [0.1, 0.15) is 6.10 Å². The van der Waals surface area contributed by atoms with Crippen LogP contribution in [0, 0.1) is 0 Å². The lowest BCUT2D eigenvalue weighted by atomic mass is 10.1. The van der Waals surface area contributed by atoms with E-state index in [-0.39, 0.29) is 12.0 Å². The first kappa shape index (κ1) is 19.5. The molecule has 2 heterocycles. The van der Waals surface area contributed by atoms with E-state index >= 15 is 0 Å². The first-order valence-electron chi connectivity index (χ1n) is 9.22. The third-order valence-corrected chi connectivity index (χ3v) is 5.70. The average molecular weight is 426 g/mol. The van der Waals surface area contributed by atoms with Crippen molar-refractivity contribution < 1.29 is 9.63 Å². The number of hydrogen-bond donors (Lipinski definition) is 3. The topological polar surface area (TPSA) is 62.4 Å². The number of hydroxylamine groups is 1. The number of benzene rings is 2. The molecular formula is C22H20ClN3O2S. The van der Waals surface area contributed by atoms with Gasteiger partial charge in [0.15, 0.2) is 0 Å². The Balaban J connectivity index is 1.30. The second-order valence-electron chi connectivity index (χ2n) is 6.57. The number of anilines is 1. The number of rotatable bonds is 7. The van der Waals surface area contributed by atoms with Gasteiger partial charge < -0.3 is 10.6 Å². The fourth-order valence-electron chi connectivity index (χ4n) is 2.93. The van der Waals surface area contributed by atoms with E-state index in [0.717, 1.165) is 23.5 Å². The number of carbonyl (C=O) groups excluding carboxylic acids is 1. The highest BCUT2D eigenvalue weighted by Gasteiger charge is 2.19. The predicted molar refractivity (Wildman–Crippen MR) is 118 cm³/mol. The third-order valence-electron chi connectivity index (χ3n) is 4.47. The SMILES string of the molecule is O=C(NCC1C=C(c2ccc(NCc3ccccc3)cc2)NO1)c1ccc(Cl)s1. The summed E-state index contributed by atoms with van der Waals surface area (Å²) in [4.78, 5) is 18.2. The molecule has 0 saturated carbocycles. The van der Waals surface area contributed by atoms with Gasteiger partial charge >= 0.3 is 0 Å². The maximum absolute atomic E-state index is 12.1. The van der Waals surface area contributed by atoms with E-state index in [2.05, 4.69) is 28.2 Å². The summed E-state index contributed by atoms with van der Waals surface area (Å²) in [5.41, 5.74) is 7.14. The molecule has 0 bridgehead atoms. The van der Waals surface area contributed by atoms with Crippen LogP contribution in [0.1, 0.15) is 20.8 Å². The van der Waals surface area contributed by atoms with Gasteiger partial charge in [-0.3, -0.25) is 15.1 Å². The fourth-order valence-corrected chi connectivity index (χ4v) is 3.89. The van der Waals surface area contributed by atoms with Gasteiger partial charge in [0.25, 0.3) is 5.91 Å². The molecule has 3 N–H and O–H groups in total. The Morgan fingerprint density at radius 2 is 1.86 bits per heavy atom. The molecule has 0 saturated heterocycles. The summed E-state index contributed by atoms with van der Waals surface area (Å²) < 4.78 is 0.595. The molecule has 5 nitrogen and oxygen atoms in total. The summed E-state index contributed by atoms with van der Waals surface area (Å²) in [6.45, 7) is 1.16. The molecule has 0 fully saturated rings. The molecule has 1 unspecified atom stereocenters. The number of thiophene rings is 1. The summed E-state index contributed by atoms with van der Waals surface area (Å²) in [6, 6.07) is 21.8. The van der Waals surface area contributed by atoms with Crippen molar-refractivity contribution in [1.82, 2.24) is 10.8 Å². The Bertz CT molecular complexity index is 1000. The van der Waals surface area contributed by atoms with Gasteiger partial charge in [-0.2, -0.15) is 0 Å². The summed E-state index contributed by atoms with van der Waals surface area (Å²) in [5.74, 6) is -0.152. The van der Waals surface area contributed by atoms with Crippen LogP contribution in [-0.2, 0) is 11.4 Å². The Labute approximate surface area is 178 Å². The van der Waals surface area contributed by atoms with Crippen LogP contribution >= 0.6 is 22.9 Å². The van der Waals surface area contributed by atoms with Crippen LogP contribution in [0.3, 0.4) is 0 Å². The van der Waals surface area contributed by atoms with Crippen LogP contribution in [0.5, 0.6) is 0 Å². The third kappa shape index (κ3) is 5.17. The highest BCUT2D eigenvalue weighted by molar-refractivity contribution is 7.17. The van der Waals surface area contributed by atoms with Gasteiger partial charge in [0.2, 0.25) is 0 Å². The monoisotopic (exact) mass is 425 g/mol. The molecule has 1 aromatic heterocycles. The minimum absolute atomic E-state index is 0.152. The van der Waals surface area contributed by atoms with E-state index in [1.165, 1.54) is 16.9 Å². The molecule has 1 aliphatic heterocycles. The van der Waals surface area contributed by atoms with Crippen molar-refractivity contribution in [2.45, 2.75) is 12.6 Å². The average Bonchev–Trinajstić information content (AvgIpc) is 3.41. The van der Waals surface area contributed by atoms with Crippen LogP contribution in [-0.4, -0.2) is 18.6 Å². The van der Waals surface area contributed by atoms with Crippen molar-refractivity contribution in [2.75, 3.05) is 11.9 Å². The second kappa shape index (κ2) is 9.13. The lowest BCUT2D eigenvalue weighted by molar-refractivity contribution is 0.0499. The van der Waals surface area contributed by atoms with Gasteiger partial charge in [0, 0.05) is 12.2 Å². The van der Waals surface area contributed by atoms with Crippen LogP contribution in [0.4, 0.5) is 5.69 Å². The van der Waals surface area contributed by atoms with Crippen molar-refractivity contribution in [1.29, 1.82) is 0 Å². The van der Waals surface area contributed by atoms with Crippen LogP contribution in [0.15, 0.2) is 72.8 Å². The summed E-state index contributed by atoms with van der Waals surface area (Å²) in [7, 11) is 0. The number of hydrogen-bond acceptors (Lipinski definition) is 5. The minimum Gasteiger partial charge on any atom is -0.381 e. The van der Waals surface area contributed by atoms with E-state index in [1.54, 1.807) is 12.1 Å². The molecule has 0 radical (unpaired) electrons. The second-order valence-corrected chi connectivity index (χ2v) is 8.28. The van der Waals surface area contributed by atoms with Crippen LogP contribution < -0.4 is 16.1 Å². The first-order chi connectivity index (χ1) is 14.2. The Hall–Kier alpha value is -2.80. The molecule has 0 spiro atoms. The van der Waals surface area contributed by atoms with Crippen molar-refractivity contribution in [2.24, 2.45) is 0 Å². The van der Waals surface area contributed by atoms with Gasteiger partial charge in [0.05, 0.1) is 21.5 Å². The minimum atomic E-state index is -0.236. The molecule has 1 amide bonds. The van der Waals surface area contributed by atoms with E-state index in [1.807, 2.05) is 48.5 Å². The zero-order chi connectivity index (χ0) is 20.1. The van der Waals surface area contributed by atoms with Gasteiger partial charge in [-0.25, -0.2) is 0 Å². The van der Waals surface area contributed by atoms with E-state index in [4.69, 9.17) is 16.4 Å². The normalized spacial score (nSPS) is 15.5. The Morgan fingerprint density at radius 3 is 2.59 bits per heavy atom. The smallest absolute Gasteiger partial charge is 0.261 e. The molecule has 0 aliphatic carbocycles. The van der Waals surface area contributed by atoms with E-state index < -0.39 is 0 Å². The van der Waals surface area contributed by atoms with E-state index in [0.29, 0.717) is 15.8 Å². The number of halogens is 1. The fraction of sp³-hybridized carbons (Fsp3) is 0.136. The van der Waals surface area contributed by atoms with Crippen molar-refractivity contribution >= 4 is 40.2 Å². The molecule has 3 aromatic rings. The maximum Gasteiger partial charge on any atom is 0.261 e. The quantitative estimate of drug-likeness (QED) is 0.514. The van der Waals surface area contributed by atoms with Crippen molar-refractivity contribution in [3.05, 3.63) is 93.1 Å². The molecular weight excluding hydrogens is 406 g/mol. The van der Waals surface area contributed by atoms with Crippen molar-refractivity contribution in [3.63, 3.8) is 0 Å². The van der Waals surface area contributed by atoms with Gasteiger partial charge in [-0.1, -0.05) is 54.1 Å². The molecule has 4 rings (SSSR count). The molecule has 2 aromatic carbocycles. The highest BCUT2D eigenvalue weighted by atomic mass is 35.5. The predicted octanol–water partition coefficient (Wildman–Crippen LogP) is 4.69. The first-order valence-corrected chi connectivity index (χ1v) is 10.4. The molecule has 29 heavy (non-hydrogen) atoms. The highest BCUT2D eigenvalue weighted by Crippen LogP contribution is 2.22. The van der Waals surface area contributed by atoms with Crippen LogP contribution in [0.2, 0.25) is 4.34 Å². The summed E-state index contributed by atoms with van der Waals surface area (Å²) >= 11 is 7.13. The lowest BCUT2D eigenvalue weighted by Gasteiger charge is -2.09. The van der Waals surface area contributed by atoms with Crippen LogP contribution in [0.25, 0.3) is 5.70 Å².